The molecule has 0 aliphatic rings. The van der Waals surface area contributed by atoms with E-state index in [0.29, 0.717) is 18.1 Å². The molecular formula is C17H18O2. The van der Waals surface area contributed by atoms with Gasteiger partial charge in [0.1, 0.15) is 0 Å². The number of hydrogen-bond donors (Lipinski definition) is 0. The first-order valence-corrected chi connectivity index (χ1v) is 6.50. The Morgan fingerprint density at radius 1 is 1.00 bits per heavy atom. The Bertz CT molecular complexity index is 544. The molecule has 0 fully saturated rings. The van der Waals surface area contributed by atoms with Crippen molar-refractivity contribution in [3.8, 4) is 11.1 Å². The Kier molecular flexibility index (Phi) is 4.35. The van der Waals surface area contributed by atoms with Gasteiger partial charge in [0, 0.05) is 0 Å². The number of esters is 1. The molecule has 0 atom stereocenters. The van der Waals surface area contributed by atoms with E-state index in [1.54, 1.807) is 0 Å². The summed E-state index contributed by atoms with van der Waals surface area (Å²) in [6.45, 7) is 4.49. The van der Waals surface area contributed by atoms with E-state index < -0.39 is 0 Å². The van der Waals surface area contributed by atoms with Gasteiger partial charge in [-0.25, -0.2) is 4.79 Å². The van der Waals surface area contributed by atoms with Crippen LogP contribution in [0.4, 0.5) is 0 Å². The van der Waals surface area contributed by atoms with Gasteiger partial charge in [-0.3, -0.25) is 0 Å². The van der Waals surface area contributed by atoms with Crippen molar-refractivity contribution in [2.24, 2.45) is 5.92 Å². The smallest absolute Gasteiger partial charge is 0.338 e. The third kappa shape index (κ3) is 3.44. The summed E-state index contributed by atoms with van der Waals surface area (Å²) in [5, 5.41) is 0. The van der Waals surface area contributed by atoms with Crippen LogP contribution in [0.15, 0.2) is 54.6 Å². The maximum atomic E-state index is 12.1. The Morgan fingerprint density at radius 3 is 2.32 bits per heavy atom. The topological polar surface area (TPSA) is 26.3 Å². The van der Waals surface area contributed by atoms with Gasteiger partial charge in [-0.2, -0.15) is 0 Å². The Hall–Kier alpha value is -2.09. The average Bonchev–Trinajstić information content (AvgIpc) is 2.45. The molecule has 0 aromatic heterocycles. The first kappa shape index (κ1) is 13.3. The van der Waals surface area contributed by atoms with Gasteiger partial charge in [0.15, 0.2) is 0 Å². The van der Waals surface area contributed by atoms with Gasteiger partial charge in [-0.05, 0) is 23.1 Å². The van der Waals surface area contributed by atoms with Crippen LogP contribution in [0.3, 0.4) is 0 Å². The summed E-state index contributed by atoms with van der Waals surface area (Å²) in [4.78, 5) is 12.1. The fraction of sp³-hybridized carbons (Fsp3) is 0.235. The molecule has 2 aromatic rings. The Labute approximate surface area is 114 Å². The van der Waals surface area contributed by atoms with Gasteiger partial charge in [-0.1, -0.05) is 62.4 Å². The molecule has 2 nitrogen and oxygen atoms in total. The van der Waals surface area contributed by atoms with Crippen LogP contribution in [0.1, 0.15) is 24.2 Å². The van der Waals surface area contributed by atoms with Crippen LogP contribution >= 0.6 is 0 Å². The van der Waals surface area contributed by atoms with E-state index in [-0.39, 0.29) is 5.97 Å². The molecular weight excluding hydrogens is 236 g/mol. The van der Waals surface area contributed by atoms with Crippen LogP contribution in [0.2, 0.25) is 0 Å². The zero-order valence-electron chi connectivity index (χ0n) is 11.3. The molecule has 0 radical (unpaired) electrons. The van der Waals surface area contributed by atoms with Crippen LogP contribution in [0, 0.1) is 5.92 Å². The number of carbonyl (C=O) groups is 1. The van der Waals surface area contributed by atoms with Crippen molar-refractivity contribution in [1.82, 2.24) is 0 Å². The Balaban J connectivity index is 2.29. The fourth-order valence-corrected chi connectivity index (χ4v) is 1.85. The van der Waals surface area contributed by atoms with Crippen LogP contribution in [-0.2, 0) is 4.74 Å². The second-order valence-electron chi connectivity index (χ2n) is 4.90. The quantitative estimate of drug-likeness (QED) is 0.765. The molecule has 0 amide bonds. The van der Waals surface area contributed by atoms with E-state index in [0.717, 1.165) is 11.1 Å². The second-order valence-corrected chi connectivity index (χ2v) is 4.90. The number of hydrogen-bond acceptors (Lipinski definition) is 2. The summed E-state index contributed by atoms with van der Waals surface area (Å²) in [5.41, 5.74) is 2.56. The van der Waals surface area contributed by atoms with Crippen molar-refractivity contribution in [1.29, 1.82) is 0 Å². The zero-order valence-corrected chi connectivity index (χ0v) is 11.3. The minimum absolute atomic E-state index is 0.256. The molecule has 0 N–H and O–H groups in total. The molecule has 2 aromatic carbocycles. The van der Waals surface area contributed by atoms with Crippen molar-refractivity contribution < 1.29 is 9.53 Å². The third-order valence-corrected chi connectivity index (χ3v) is 2.78. The van der Waals surface area contributed by atoms with E-state index in [4.69, 9.17) is 4.74 Å². The molecule has 2 rings (SSSR count). The molecule has 0 heterocycles. The van der Waals surface area contributed by atoms with Crippen molar-refractivity contribution in [2.75, 3.05) is 6.61 Å². The summed E-state index contributed by atoms with van der Waals surface area (Å²) in [5.74, 6) is 0.0843. The first-order chi connectivity index (χ1) is 9.18. The molecule has 0 saturated heterocycles. The standard InChI is InChI=1S/C17H18O2/c1-13(2)12-19-17(18)16-11-7-6-10-15(16)14-8-4-3-5-9-14/h3-11,13H,12H2,1-2H3. The highest BCUT2D eigenvalue weighted by atomic mass is 16.5. The molecule has 2 heteroatoms. The van der Waals surface area contributed by atoms with Gasteiger partial charge >= 0.3 is 5.97 Å². The first-order valence-electron chi connectivity index (χ1n) is 6.50. The van der Waals surface area contributed by atoms with Gasteiger partial charge < -0.3 is 4.74 Å². The predicted molar refractivity (Wildman–Crippen MR) is 77.0 cm³/mol. The minimum atomic E-state index is -0.256. The van der Waals surface area contributed by atoms with Crippen molar-refractivity contribution in [3.63, 3.8) is 0 Å². The van der Waals surface area contributed by atoms with Crippen LogP contribution < -0.4 is 0 Å². The summed E-state index contributed by atoms with van der Waals surface area (Å²) in [6, 6.07) is 17.4. The lowest BCUT2D eigenvalue weighted by Gasteiger charge is -2.11. The maximum Gasteiger partial charge on any atom is 0.338 e. The average molecular weight is 254 g/mol. The van der Waals surface area contributed by atoms with E-state index in [1.807, 2.05) is 68.4 Å². The lowest BCUT2D eigenvalue weighted by molar-refractivity contribution is 0.0460. The molecule has 0 bridgehead atoms. The number of ether oxygens (including phenoxy) is 1. The normalized spacial score (nSPS) is 10.5. The van der Waals surface area contributed by atoms with Gasteiger partial charge in [-0.15, -0.1) is 0 Å². The molecule has 0 aliphatic heterocycles. The maximum absolute atomic E-state index is 12.1. The van der Waals surface area contributed by atoms with Crippen molar-refractivity contribution >= 4 is 5.97 Å². The summed E-state index contributed by atoms with van der Waals surface area (Å²) >= 11 is 0. The van der Waals surface area contributed by atoms with E-state index in [9.17, 15) is 4.79 Å². The number of carbonyl (C=O) groups excluding carboxylic acids is 1. The fourth-order valence-electron chi connectivity index (χ4n) is 1.85. The third-order valence-electron chi connectivity index (χ3n) is 2.78. The minimum Gasteiger partial charge on any atom is -0.462 e. The Morgan fingerprint density at radius 2 is 1.63 bits per heavy atom. The van der Waals surface area contributed by atoms with E-state index >= 15 is 0 Å². The molecule has 0 aliphatic carbocycles. The number of rotatable bonds is 4. The summed E-state index contributed by atoms with van der Waals surface area (Å²) in [7, 11) is 0. The monoisotopic (exact) mass is 254 g/mol. The van der Waals surface area contributed by atoms with Gasteiger partial charge in [0.25, 0.3) is 0 Å². The number of benzene rings is 2. The summed E-state index contributed by atoms with van der Waals surface area (Å²) < 4.78 is 5.31. The SMILES string of the molecule is CC(C)COC(=O)c1ccccc1-c1ccccc1. The van der Waals surface area contributed by atoms with Crippen LogP contribution in [-0.4, -0.2) is 12.6 Å². The van der Waals surface area contributed by atoms with E-state index in [2.05, 4.69) is 0 Å². The summed E-state index contributed by atoms with van der Waals surface area (Å²) in [6.07, 6.45) is 0. The van der Waals surface area contributed by atoms with Crippen molar-refractivity contribution in [2.45, 2.75) is 13.8 Å². The zero-order chi connectivity index (χ0) is 13.7. The van der Waals surface area contributed by atoms with Crippen LogP contribution in [0.25, 0.3) is 11.1 Å². The van der Waals surface area contributed by atoms with E-state index in [1.165, 1.54) is 0 Å². The lowest BCUT2D eigenvalue weighted by atomic mass is 10.00. The molecule has 19 heavy (non-hydrogen) atoms. The highest BCUT2D eigenvalue weighted by Crippen LogP contribution is 2.24. The van der Waals surface area contributed by atoms with Crippen LogP contribution in [0.5, 0.6) is 0 Å². The lowest BCUT2D eigenvalue weighted by Crippen LogP contribution is -2.11. The second kappa shape index (κ2) is 6.19. The highest BCUT2D eigenvalue weighted by molar-refractivity contribution is 5.97. The largest absolute Gasteiger partial charge is 0.462 e. The van der Waals surface area contributed by atoms with Gasteiger partial charge in [0.05, 0.1) is 12.2 Å². The molecule has 0 unspecified atom stereocenters. The molecule has 0 saturated carbocycles. The van der Waals surface area contributed by atoms with Gasteiger partial charge in [0.2, 0.25) is 0 Å². The van der Waals surface area contributed by atoms with Crippen molar-refractivity contribution in [3.05, 3.63) is 60.2 Å². The highest BCUT2D eigenvalue weighted by Gasteiger charge is 2.13. The molecule has 0 spiro atoms. The molecule has 98 valence electrons. The predicted octanol–water partition coefficient (Wildman–Crippen LogP) is 4.17.